The average molecular weight is 560 g/mol. The molecule has 0 radical (unpaired) electrons. The number of nitrogens with zero attached hydrogens (tertiary/aromatic N) is 5. The van der Waals surface area contributed by atoms with E-state index in [-0.39, 0.29) is 40.3 Å². The predicted octanol–water partition coefficient (Wildman–Crippen LogP) is -1.49. The summed E-state index contributed by atoms with van der Waals surface area (Å²) in [7, 11) is 0. The molecule has 2 aromatic heterocycles. The number of fused-ring (bicyclic) bond motifs is 1. The molecule has 4 rings (SSSR count). The van der Waals surface area contributed by atoms with Gasteiger partial charge in [0.2, 0.25) is 11.5 Å². The Morgan fingerprint density at radius 2 is 2.13 bits per heavy atom. The van der Waals surface area contributed by atoms with Crippen LogP contribution >= 0.6 is 23.3 Å². The van der Waals surface area contributed by atoms with E-state index in [1.807, 2.05) is 0 Å². The van der Waals surface area contributed by atoms with Gasteiger partial charge in [0.05, 0.1) is 17.2 Å². The fourth-order valence-corrected chi connectivity index (χ4v) is 5.41. The number of nitrogens with two attached hydrogens (primary N) is 1. The van der Waals surface area contributed by atoms with Crippen LogP contribution in [0, 0.1) is 0 Å². The molecule has 2 aliphatic rings. The van der Waals surface area contributed by atoms with Gasteiger partial charge in [0.1, 0.15) is 18.0 Å². The number of aromatic nitrogens is 3. The molecule has 0 aliphatic carbocycles. The molecule has 0 bridgehead atoms. The lowest BCUT2D eigenvalue weighted by atomic mass is 10.0. The van der Waals surface area contributed by atoms with Crippen molar-refractivity contribution in [3.63, 3.8) is 0 Å². The van der Waals surface area contributed by atoms with E-state index in [9.17, 15) is 24.3 Å². The number of hydrogen-bond donors (Lipinski definition) is 3. The molecule has 1 fully saturated rings. The number of amides is 2. The summed E-state index contributed by atoms with van der Waals surface area (Å²) in [5.41, 5.74) is 5.56. The largest absolute Gasteiger partial charge is 0.543 e. The molecule has 14 nitrogen and oxygen atoms in total. The number of anilines is 1. The van der Waals surface area contributed by atoms with Gasteiger partial charge in [0.25, 0.3) is 11.8 Å². The van der Waals surface area contributed by atoms with E-state index in [4.69, 9.17) is 15.7 Å². The van der Waals surface area contributed by atoms with Crippen molar-refractivity contribution >= 4 is 57.9 Å². The lowest BCUT2D eigenvalue weighted by molar-refractivity contribution is -0.687. The van der Waals surface area contributed by atoms with Crippen molar-refractivity contribution in [2.45, 2.75) is 24.9 Å². The molecular weight excluding hydrogens is 538 g/mol. The molecule has 4 heterocycles. The number of rotatable bonds is 10. The lowest BCUT2D eigenvalue weighted by Gasteiger charge is -2.50. The van der Waals surface area contributed by atoms with Crippen molar-refractivity contribution in [2.24, 2.45) is 5.16 Å². The maximum absolute atomic E-state index is 12.9. The standard InChI is InChI=1S/C22H21N7O7S2/c1-2-36-26-13(16-25-22(23)38-27-16)17(30)24-14-18(31)29-15(21(34)35)12(10-37-19(14)29)4-3-7-28-8-5-11(6-9-28)20(32)33/h3-6,8-9,14,19H,2,7,10H2,1H3,(H4-,23,24,25,27,30,32,33,34,35)/b4-3?,26-13-/t14?,19-/m1/s1. The molecule has 2 atom stereocenters. The number of nitrogen functional groups attached to an aromatic ring is 1. The number of carbonyl (C=O) groups is 4. The van der Waals surface area contributed by atoms with Gasteiger partial charge >= 0.3 is 5.97 Å². The number of aliphatic carboxylic acids is 1. The van der Waals surface area contributed by atoms with Gasteiger partial charge in [-0.1, -0.05) is 11.2 Å². The van der Waals surface area contributed by atoms with E-state index >= 15 is 0 Å². The minimum atomic E-state index is -1.52. The molecular formula is C22H21N7O7S2. The van der Waals surface area contributed by atoms with Gasteiger partial charge in [-0.3, -0.25) is 14.5 Å². The first-order valence-corrected chi connectivity index (χ1v) is 12.9. The van der Waals surface area contributed by atoms with Crippen molar-refractivity contribution in [2.75, 3.05) is 18.1 Å². The Morgan fingerprint density at radius 1 is 1.39 bits per heavy atom. The highest BCUT2D eigenvalue weighted by Gasteiger charge is 2.53. The Bertz CT molecular complexity index is 1370. The van der Waals surface area contributed by atoms with Crippen LogP contribution in [0.15, 0.2) is 53.1 Å². The zero-order chi connectivity index (χ0) is 27.4. The van der Waals surface area contributed by atoms with E-state index in [0.717, 1.165) is 16.4 Å². The molecule has 4 N–H and O–H groups in total. The highest BCUT2D eigenvalue weighted by atomic mass is 32.2. The van der Waals surface area contributed by atoms with Crippen LogP contribution in [0.1, 0.15) is 23.1 Å². The second-order valence-corrected chi connectivity index (χ2v) is 9.72. The van der Waals surface area contributed by atoms with Crippen molar-refractivity contribution in [1.82, 2.24) is 19.6 Å². The second kappa shape index (κ2) is 11.4. The van der Waals surface area contributed by atoms with Crippen LogP contribution in [-0.2, 0) is 25.8 Å². The van der Waals surface area contributed by atoms with Gasteiger partial charge < -0.3 is 30.9 Å². The number of carboxylic acids is 2. The SMILES string of the molecule is CCO/N=C(\C(=O)NC1C(=O)N2C(C(=O)[O-])=C(C=CC[n+]3ccc(C(=O)O)cc3)CS[C@H]12)c1nsc(N)n1. The first kappa shape index (κ1) is 26.7. The molecule has 198 valence electrons. The van der Waals surface area contributed by atoms with E-state index in [2.05, 4.69) is 19.8 Å². The summed E-state index contributed by atoms with van der Waals surface area (Å²) in [6.07, 6.45) is 6.43. The van der Waals surface area contributed by atoms with Crippen molar-refractivity contribution in [3.05, 3.63) is 59.3 Å². The van der Waals surface area contributed by atoms with Gasteiger partial charge in [-0.15, -0.1) is 11.8 Å². The number of hydrogen-bond acceptors (Lipinski definition) is 12. The van der Waals surface area contributed by atoms with Crippen LogP contribution in [0.25, 0.3) is 0 Å². The first-order valence-electron chi connectivity index (χ1n) is 11.1. The van der Waals surface area contributed by atoms with Gasteiger partial charge in [-0.2, -0.15) is 9.36 Å². The van der Waals surface area contributed by atoms with Crippen LogP contribution < -0.4 is 20.7 Å². The summed E-state index contributed by atoms with van der Waals surface area (Å²) in [5.74, 6) is -3.77. The summed E-state index contributed by atoms with van der Waals surface area (Å²) in [5, 5.41) is 26.7. The number of thioether (sulfide) groups is 1. The van der Waals surface area contributed by atoms with E-state index < -0.39 is 35.2 Å². The molecule has 16 heteroatoms. The number of β-lactam (4-membered cyclic amide) rings is 1. The third-order valence-corrected chi connectivity index (χ3v) is 7.25. The maximum Gasteiger partial charge on any atom is 0.336 e. The number of nitrogens with one attached hydrogen (secondary N) is 1. The van der Waals surface area contributed by atoms with Gasteiger partial charge in [-0.05, 0) is 18.6 Å². The summed E-state index contributed by atoms with van der Waals surface area (Å²) in [6.45, 7) is 2.18. The molecule has 0 saturated carbocycles. The summed E-state index contributed by atoms with van der Waals surface area (Å²) >= 11 is 2.14. The molecule has 38 heavy (non-hydrogen) atoms. The van der Waals surface area contributed by atoms with E-state index in [0.29, 0.717) is 12.1 Å². The van der Waals surface area contributed by atoms with Crippen molar-refractivity contribution in [1.29, 1.82) is 0 Å². The molecule has 1 unspecified atom stereocenters. The maximum atomic E-state index is 12.9. The quantitative estimate of drug-likeness (QED) is 0.132. The number of aromatic carboxylic acids is 1. The zero-order valence-corrected chi connectivity index (χ0v) is 21.4. The van der Waals surface area contributed by atoms with Crippen LogP contribution in [-0.4, -0.2) is 72.6 Å². The monoisotopic (exact) mass is 559 g/mol. The van der Waals surface area contributed by atoms with Crippen molar-refractivity contribution in [3.8, 4) is 0 Å². The Morgan fingerprint density at radius 3 is 2.74 bits per heavy atom. The van der Waals surface area contributed by atoms with Gasteiger partial charge in [0.15, 0.2) is 24.1 Å². The highest BCUT2D eigenvalue weighted by molar-refractivity contribution is 8.00. The molecule has 0 spiro atoms. The van der Waals surface area contributed by atoms with Gasteiger partial charge in [0, 0.05) is 29.4 Å². The Balaban J connectivity index is 1.47. The highest BCUT2D eigenvalue weighted by Crippen LogP contribution is 2.40. The Hall–Kier alpha value is -4.31. The topological polar surface area (TPSA) is 204 Å². The molecule has 0 aromatic carbocycles. The number of carbonyl (C=O) groups excluding carboxylic acids is 3. The number of oxime groups is 1. The van der Waals surface area contributed by atoms with Gasteiger partial charge in [-0.25, -0.2) is 9.36 Å². The molecule has 1 saturated heterocycles. The van der Waals surface area contributed by atoms with Crippen LogP contribution in [0.2, 0.25) is 0 Å². The predicted molar refractivity (Wildman–Crippen MR) is 132 cm³/mol. The Labute approximate surface area is 223 Å². The third-order valence-electron chi connectivity index (χ3n) is 5.40. The molecule has 2 amide bonds. The minimum absolute atomic E-state index is 0.0587. The van der Waals surface area contributed by atoms with E-state index in [1.54, 1.807) is 36.0 Å². The lowest BCUT2D eigenvalue weighted by Crippen LogP contribution is -2.71. The first-order chi connectivity index (χ1) is 18.2. The average Bonchev–Trinajstić information content (AvgIpc) is 3.32. The third kappa shape index (κ3) is 5.50. The zero-order valence-electron chi connectivity index (χ0n) is 19.8. The normalized spacial score (nSPS) is 19.2. The summed E-state index contributed by atoms with van der Waals surface area (Å²) in [4.78, 5) is 58.7. The minimum Gasteiger partial charge on any atom is -0.543 e. The second-order valence-electron chi connectivity index (χ2n) is 7.83. The fraction of sp³-hybridized carbons (Fsp3) is 0.273. The summed E-state index contributed by atoms with van der Waals surface area (Å²) in [6, 6.07) is 1.87. The van der Waals surface area contributed by atoms with Crippen molar-refractivity contribution < 1.29 is 38.8 Å². The molecule has 2 aromatic rings. The Kier molecular flexibility index (Phi) is 8.02. The number of allylic oxidation sites excluding steroid dienone is 2. The van der Waals surface area contributed by atoms with E-state index in [1.165, 1.54) is 23.9 Å². The number of pyridine rings is 1. The number of carboxylic acid groups (broad SMARTS) is 2. The van der Waals surface area contributed by atoms with Crippen LogP contribution in [0.5, 0.6) is 0 Å². The smallest absolute Gasteiger partial charge is 0.336 e. The molecule has 2 aliphatic heterocycles. The van der Waals surface area contributed by atoms with Crippen LogP contribution in [0.4, 0.5) is 5.13 Å². The van der Waals surface area contributed by atoms with Crippen LogP contribution in [0.3, 0.4) is 0 Å². The summed E-state index contributed by atoms with van der Waals surface area (Å²) < 4.78 is 5.66. The fourth-order valence-electron chi connectivity index (χ4n) is 3.65.